The number of hydrogen-bond acceptors (Lipinski definition) is 3. The van der Waals surface area contributed by atoms with Crippen LogP contribution in [0.5, 0.6) is 0 Å². The SMILES string of the molecule is CN(C)C(C)(C#N)c1ccncc1. The lowest BCUT2D eigenvalue weighted by Crippen LogP contribution is -2.36. The summed E-state index contributed by atoms with van der Waals surface area (Å²) in [5, 5.41) is 9.10. The van der Waals surface area contributed by atoms with Crippen molar-refractivity contribution in [2.24, 2.45) is 0 Å². The molecule has 0 fully saturated rings. The zero-order valence-corrected chi connectivity index (χ0v) is 8.15. The van der Waals surface area contributed by atoms with Crippen molar-refractivity contribution in [3.8, 4) is 6.07 Å². The summed E-state index contributed by atoms with van der Waals surface area (Å²) >= 11 is 0. The van der Waals surface area contributed by atoms with Gasteiger partial charge in [-0.05, 0) is 38.7 Å². The summed E-state index contributed by atoms with van der Waals surface area (Å²) in [5.41, 5.74) is 0.401. The molecule has 1 atom stereocenters. The van der Waals surface area contributed by atoms with Gasteiger partial charge in [0, 0.05) is 12.4 Å². The van der Waals surface area contributed by atoms with Gasteiger partial charge < -0.3 is 0 Å². The van der Waals surface area contributed by atoms with E-state index in [-0.39, 0.29) is 0 Å². The molecular formula is C10H13N3. The van der Waals surface area contributed by atoms with Crippen LogP contribution in [0, 0.1) is 11.3 Å². The number of hydrogen-bond donors (Lipinski definition) is 0. The number of nitriles is 1. The second-order valence-electron chi connectivity index (χ2n) is 3.31. The van der Waals surface area contributed by atoms with E-state index in [0.29, 0.717) is 0 Å². The van der Waals surface area contributed by atoms with Gasteiger partial charge in [0.25, 0.3) is 0 Å². The average molecular weight is 175 g/mol. The Kier molecular flexibility index (Phi) is 2.64. The molecule has 13 heavy (non-hydrogen) atoms. The van der Waals surface area contributed by atoms with Crippen LogP contribution in [0.1, 0.15) is 12.5 Å². The summed E-state index contributed by atoms with van der Waals surface area (Å²) in [5.74, 6) is 0. The quantitative estimate of drug-likeness (QED) is 0.681. The second kappa shape index (κ2) is 3.55. The van der Waals surface area contributed by atoms with E-state index in [9.17, 15) is 0 Å². The van der Waals surface area contributed by atoms with Crippen LogP contribution in [0.25, 0.3) is 0 Å². The Morgan fingerprint density at radius 3 is 2.31 bits per heavy atom. The normalized spacial score (nSPS) is 15.0. The zero-order chi connectivity index (χ0) is 9.90. The van der Waals surface area contributed by atoms with Crippen LogP contribution in [0.15, 0.2) is 24.5 Å². The molecule has 3 heteroatoms. The molecule has 0 spiro atoms. The smallest absolute Gasteiger partial charge is 0.131 e. The third-order valence-electron chi connectivity index (χ3n) is 2.35. The minimum Gasteiger partial charge on any atom is -0.288 e. The predicted molar refractivity (Wildman–Crippen MR) is 50.9 cm³/mol. The van der Waals surface area contributed by atoms with E-state index in [0.717, 1.165) is 5.56 Å². The van der Waals surface area contributed by atoms with Gasteiger partial charge in [-0.3, -0.25) is 9.88 Å². The van der Waals surface area contributed by atoms with E-state index in [2.05, 4.69) is 11.1 Å². The Morgan fingerprint density at radius 1 is 1.38 bits per heavy atom. The topological polar surface area (TPSA) is 39.9 Å². The lowest BCUT2D eigenvalue weighted by atomic mass is 9.93. The molecule has 0 aromatic carbocycles. The van der Waals surface area contributed by atoms with Gasteiger partial charge in [-0.25, -0.2) is 0 Å². The summed E-state index contributed by atoms with van der Waals surface area (Å²) in [6, 6.07) is 6.02. The Bertz CT molecular complexity index is 313. The standard InChI is InChI=1S/C10H13N3/c1-10(8-11,13(2)3)9-4-6-12-7-5-9/h4-7H,1-3H3. The van der Waals surface area contributed by atoms with Crippen molar-refractivity contribution in [1.82, 2.24) is 9.88 Å². The van der Waals surface area contributed by atoms with Crippen LogP contribution in [0.3, 0.4) is 0 Å². The third-order valence-corrected chi connectivity index (χ3v) is 2.35. The first-order valence-electron chi connectivity index (χ1n) is 4.10. The fourth-order valence-electron chi connectivity index (χ4n) is 1.10. The van der Waals surface area contributed by atoms with Crippen LogP contribution >= 0.6 is 0 Å². The van der Waals surface area contributed by atoms with Crippen LogP contribution < -0.4 is 0 Å². The van der Waals surface area contributed by atoms with Crippen molar-refractivity contribution in [2.45, 2.75) is 12.5 Å². The molecule has 0 aliphatic heterocycles. The molecule has 0 aliphatic carbocycles. The number of aromatic nitrogens is 1. The lowest BCUT2D eigenvalue weighted by molar-refractivity contribution is 0.241. The molecule has 0 saturated carbocycles. The molecule has 0 aliphatic rings. The molecule has 0 N–H and O–H groups in total. The first kappa shape index (κ1) is 9.69. The molecule has 0 radical (unpaired) electrons. The zero-order valence-electron chi connectivity index (χ0n) is 8.15. The highest BCUT2D eigenvalue weighted by atomic mass is 15.1. The molecule has 0 amide bonds. The van der Waals surface area contributed by atoms with Gasteiger partial charge in [-0.2, -0.15) is 5.26 Å². The van der Waals surface area contributed by atoms with Gasteiger partial charge in [0.15, 0.2) is 0 Å². The maximum absolute atomic E-state index is 9.10. The van der Waals surface area contributed by atoms with Crippen molar-refractivity contribution < 1.29 is 0 Å². The van der Waals surface area contributed by atoms with E-state index in [1.54, 1.807) is 12.4 Å². The van der Waals surface area contributed by atoms with E-state index in [4.69, 9.17) is 5.26 Å². The van der Waals surface area contributed by atoms with Crippen molar-refractivity contribution in [3.63, 3.8) is 0 Å². The van der Waals surface area contributed by atoms with Gasteiger partial charge in [-0.15, -0.1) is 0 Å². The van der Waals surface area contributed by atoms with Gasteiger partial charge in [0.2, 0.25) is 0 Å². The number of rotatable bonds is 2. The van der Waals surface area contributed by atoms with Crippen molar-refractivity contribution in [2.75, 3.05) is 14.1 Å². The highest BCUT2D eigenvalue weighted by molar-refractivity contribution is 5.27. The fraction of sp³-hybridized carbons (Fsp3) is 0.400. The minimum absolute atomic E-state index is 0.567. The fourth-order valence-corrected chi connectivity index (χ4v) is 1.10. The molecule has 1 rings (SSSR count). The van der Waals surface area contributed by atoms with Gasteiger partial charge in [-0.1, -0.05) is 0 Å². The van der Waals surface area contributed by atoms with Crippen molar-refractivity contribution >= 4 is 0 Å². The maximum Gasteiger partial charge on any atom is 0.131 e. The van der Waals surface area contributed by atoms with E-state index in [1.807, 2.05) is 38.1 Å². The van der Waals surface area contributed by atoms with Gasteiger partial charge in [0.05, 0.1) is 6.07 Å². The monoisotopic (exact) mass is 175 g/mol. The van der Waals surface area contributed by atoms with E-state index >= 15 is 0 Å². The molecule has 0 bridgehead atoms. The average Bonchev–Trinajstić information content (AvgIpc) is 2.17. The number of nitrogens with zero attached hydrogens (tertiary/aromatic N) is 3. The van der Waals surface area contributed by atoms with Crippen LogP contribution in [-0.4, -0.2) is 24.0 Å². The molecule has 1 heterocycles. The lowest BCUT2D eigenvalue weighted by Gasteiger charge is -2.29. The number of pyridine rings is 1. The maximum atomic E-state index is 9.10. The molecule has 3 nitrogen and oxygen atoms in total. The first-order chi connectivity index (χ1) is 6.11. The van der Waals surface area contributed by atoms with Crippen LogP contribution in [0.4, 0.5) is 0 Å². The van der Waals surface area contributed by atoms with Crippen LogP contribution in [-0.2, 0) is 5.54 Å². The third kappa shape index (κ3) is 1.68. The summed E-state index contributed by atoms with van der Waals surface area (Å²) in [6.45, 7) is 1.89. The molecule has 0 saturated heterocycles. The van der Waals surface area contributed by atoms with Crippen molar-refractivity contribution in [1.29, 1.82) is 5.26 Å². The Morgan fingerprint density at radius 2 is 1.92 bits per heavy atom. The summed E-state index contributed by atoms with van der Waals surface area (Å²) in [6.07, 6.45) is 3.41. The van der Waals surface area contributed by atoms with Gasteiger partial charge in [0.1, 0.15) is 5.54 Å². The van der Waals surface area contributed by atoms with Crippen molar-refractivity contribution in [3.05, 3.63) is 30.1 Å². The molecular weight excluding hydrogens is 162 g/mol. The first-order valence-corrected chi connectivity index (χ1v) is 4.10. The second-order valence-corrected chi connectivity index (χ2v) is 3.31. The minimum atomic E-state index is -0.567. The Balaban J connectivity index is 3.13. The van der Waals surface area contributed by atoms with E-state index < -0.39 is 5.54 Å². The Labute approximate surface area is 78.6 Å². The molecule has 1 aromatic rings. The predicted octanol–water partition coefficient (Wildman–Crippen LogP) is 1.38. The summed E-state index contributed by atoms with van der Waals surface area (Å²) in [4.78, 5) is 5.82. The van der Waals surface area contributed by atoms with Gasteiger partial charge >= 0.3 is 0 Å². The molecule has 1 aromatic heterocycles. The molecule has 68 valence electrons. The highest BCUT2D eigenvalue weighted by Gasteiger charge is 2.28. The highest BCUT2D eigenvalue weighted by Crippen LogP contribution is 2.23. The Hall–Kier alpha value is -1.40. The van der Waals surface area contributed by atoms with E-state index in [1.165, 1.54) is 0 Å². The summed E-state index contributed by atoms with van der Waals surface area (Å²) in [7, 11) is 3.79. The summed E-state index contributed by atoms with van der Waals surface area (Å²) < 4.78 is 0. The van der Waals surface area contributed by atoms with Crippen LogP contribution in [0.2, 0.25) is 0 Å². The largest absolute Gasteiger partial charge is 0.288 e. The molecule has 1 unspecified atom stereocenters.